The molecule has 0 saturated carbocycles. The number of halogens is 1. The number of hydrogen-bond acceptors (Lipinski definition) is 7. The maximum absolute atomic E-state index is 14.2. The second-order valence-electron chi connectivity index (χ2n) is 4.72. The monoisotopic (exact) mass is 383 g/mol. The number of benzene rings is 1. The van der Waals surface area contributed by atoms with Crippen molar-refractivity contribution < 1.29 is 13.9 Å². The summed E-state index contributed by atoms with van der Waals surface area (Å²) in [5.41, 5.74) is 0.556. The summed E-state index contributed by atoms with van der Waals surface area (Å²) in [4.78, 5) is 13.0. The third kappa shape index (κ3) is 3.44. The molecule has 0 fully saturated rings. The number of carbonyl (C=O) groups excluding carboxylic acids is 1. The van der Waals surface area contributed by atoms with Crippen LogP contribution in [0.1, 0.15) is 22.2 Å². The van der Waals surface area contributed by atoms with Crippen molar-refractivity contribution in [1.82, 2.24) is 10.2 Å². The lowest BCUT2D eigenvalue weighted by Crippen LogP contribution is -2.12. The number of nitrogens with zero attached hydrogens (tertiary/aromatic N) is 2. The third-order valence-corrected chi connectivity index (χ3v) is 6.20. The van der Waals surface area contributed by atoms with Crippen LogP contribution >= 0.6 is 34.4 Å². The summed E-state index contributed by atoms with van der Waals surface area (Å²) >= 11 is 4.12. The van der Waals surface area contributed by atoms with E-state index in [1.807, 2.05) is 6.92 Å². The number of aromatic nitrogens is 2. The minimum atomic E-state index is -0.354. The molecule has 9 heteroatoms. The molecule has 5 nitrogen and oxygen atoms in total. The zero-order valence-electron chi connectivity index (χ0n) is 13.0. The molecule has 2 heterocycles. The predicted octanol–water partition coefficient (Wildman–Crippen LogP) is 4.40. The molecule has 24 heavy (non-hydrogen) atoms. The number of amides is 1. The van der Waals surface area contributed by atoms with Gasteiger partial charge in [0.2, 0.25) is 5.13 Å². The number of rotatable bonds is 6. The molecule has 0 radical (unpaired) electrons. The number of thiophene rings is 1. The average Bonchev–Trinajstić information content (AvgIpc) is 3.14. The number of thioether (sulfide) groups is 1. The molecule has 1 amide bonds. The van der Waals surface area contributed by atoms with E-state index in [9.17, 15) is 9.18 Å². The average molecular weight is 383 g/mol. The van der Waals surface area contributed by atoms with Crippen LogP contribution in [0.25, 0.3) is 10.1 Å². The van der Waals surface area contributed by atoms with Crippen LogP contribution in [0.4, 0.5) is 9.52 Å². The second kappa shape index (κ2) is 7.56. The molecule has 2 aromatic heterocycles. The predicted molar refractivity (Wildman–Crippen MR) is 96.8 cm³/mol. The Balaban J connectivity index is 1.93. The highest BCUT2D eigenvalue weighted by atomic mass is 32.2. The van der Waals surface area contributed by atoms with Crippen molar-refractivity contribution in [3.63, 3.8) is 0 Å². The van der Waals surface area contributed by atoms with E-state index in [1.54, 1.807) is 23.9 Å². The molecule has 0 atom stereocenters. The number of carbonyl (C=O) groups is 1. The van der Waals surface area contributed by atoms with Gasteiger partial charge in [0.1, 0.15) is 5.82 Å². The van der Waals surface area contributed by atoms with Gasteiger partial charge in [-0.05, 0) is 17.9 Å². The number of hydrogen-bond donors (Lipinski definition) is 1. The molecule has 0 unspecified atom stereocenters. The first-order chi connectivity index (χ1) is 11.6. The summed E-state index contributed by atoms with van der Waals surface area (Å²) in [6.07, 6.45) is 0. The topological polar surface area (TPSA) is 64.1 Å². The Kier molecular flexibility index (Phi) is 5.44. The minimum absolute atomic E-state index is 0.163. The molecule has 1 N–H and O–H groups in total. The SMILES string of the molecule is CCSc1nnc(NC(=O)c2sc3cccc(F)c3c2COC)s1. The lowest BCUT2D eigenvalue weighted by atomic mass is 10.1. The first-order valence-electron chi connectivity index (χ1n) is 7.10. The molecule has 0 bridgehead atoms. The van der Waals surface area contributed by atoms with Crippen molar-refractivity contribution in [1.29, 1.82) is 0 Å². The highest BCUT2D eigenvalue weighted by molar-refractivity contribution is 8.01. The van der Waals surface area contributed by atoms with Crippen molar-refractivity contribution >= 4 is 55.6 Å². The Bertz CT molecular complexity index is 878. The van der Waals surface area contributed by atoms with Crippen molar-refractivity contribution in [2.45, 2.75) is 17.9 Å². The van der Waals surface area contributed by atoms with Crippen molar-refractivity contribution in [2.75, 3.05) is 18.2 Å². The van der Waals surface area contributed by atoms with E-state index in [4.69, 9.17) is 4.74 Å². The normalized spacial score (nSPS) is 11.1. The molecule has 126 valence electrons. The van der Waals surface area contributed by atoms with E-state index in [2.05, 4.69) is 15.5 Å². The first kappa shape index (κ1) is 17.3. The summed E-state index contributed by atoms with van der Waals surface area (Å²) < 4.78 is 20.8. The van der Waals surface area contributed by atoms with Crippen LogP contribution in [-0.2, 0) is 11.3 Å². The lowest BCUT2D eigenvalue weighted by molar-refractivity contribution is 0.102. The van der Waals surface area contributed by atoms with Gasteiger partial charge in [-0.3, -0.25) is 10.1 Å². The van der Waals surface area contributed by atoms with Crippen LogP contribution < -0.4 is 5.32 Å². The molecule has 1 aromatic carbocycles. The molecular formula is C15H14FN3O2S3. The molecular weight excluding hydrogens is 369 g/mol. The fourth-order valence-electron chi connectivity index (χ4n) is 2.23. The van der Waals surface area contributed by atoms with Gasteiger partial charge in [0.25, 0.3) is 5.91 Å². The summed E-state index contributed by atoms with van der Waals surface area (Å²) in [6, 6.07) is 4.81. The molecule has 3 aromatic rings. The lowest BCUT2D eigenvalue weighted by Gasteiger charge is -2.03. The van der Waals surface area contributed by atoms with E-state index in [0.717, 1.165) is 10.1 Å². The van der Waals surface area contributed by atoms with Crippen LogP contribution in [0.3, 0.4) is 0 Å². The summed E-state index contributed by atoms with van der Waals surface area (Å²) in [6.45, 7) is 2.18. The number of ether oxygens (including phenoxy) is 1. The van der Waals surface area contributed by atoms with E-state index in [1.165, 1.54) is 35.8 Å². The van der Waals surface area contributed by atoms with Gasteiger partial charge in [-0.1, -0.05) is 36.1 Å². The minimum Gasteiger partial charge on any atom is -0.380 e. The van der Waals surface area contributed by atoms with E-state index < -0.39 is 0 Å². The van der Waals surface area contributed by atoms with Crippen LogP contribution in [0.2, 0.25) is 0 Å². The van der Waals surface area contributed by atoms with Crippen molar-refractivity contribution in [3.05, 3.63) is 34.5 Å². The van der Waals surface area contributed by atoms with Gasteiger partial charge in [-0.15, -0.1) is 21.5 Å². The standard InChI is InChI=1S/C15H14FN3O2S3/c1-3-22-15-19-18-14(24-15)17-13(20)12-8(7-21-2)11-9(16)5-4-6-10(11)23-12/h4-6H,3,7H2,1-2H3,(H,17,18,20). The number of anilines is 1. The van der Waals surface area contributed by atoms with Crippen LogP contribution in [0.15, 0.2) is 22.5 Å². The van der Waals surface area contributed by atoms with Gasteiger partial charge < -0.3 is 4.74 Å². The fraction of sp³-hybridized carbons (Fsp3) is 0.267. The summed E-state index contributed by atoms with van der Waals surface area (Å²) in [5, 5.41) is 11.6. The zero-order valence-corrected chi connectivity index (χ0v) is 15.4. The van der Waals surface area contributed by atoms with Gasteiger partial charge in [-0.25, -0.2) is 4.39 Å². The van der Waals surface area contributed by atoms with Gasteiger partial charge in [0, 0.05) is 22.8 Å². The van der Waals surface area contributed by atoms with E-state index >= 15 is 0 Å². The van der Waals surface area contributed by atoms with Gasteiger partial charge in [0.05, 0.1) is 11.5 Å². The highest BCUT2D eigenvalue weighted by Gasteiger charge is 2.21. The number of fused-ring (bicyclic) bond motifs is 1. The number of methoxy groups -OCH3 is 1. The first-order valence-corrected chi connectivity index (χ1v) is 9.72. The molecule has 0 aliphatic rings. The third-order valence-electron chi connectivity index (χ3n) is 3.15. The highest BCUT2D eigenvalue weighted by Crippen LogP contribution is 2.34. The Morgan fingerprint density at radius 2 is 2.21 bits per heavy atom. The largest absolute Gasteiger partial charge is 0.380 e. The van der Waals surface area contributed by atoms with Gasteiger partial charge >= 0.3 is 0 Å². The Morgan fingerprint density at radius 3 is 2.96 bits per heavy atom. The molecule has 0 aliphatic carbocycles. The van der Waals surface area contributed by atoms with E-state index in [-0.39, 0.29) is 18.3 Å². The maximum atomic E-state index is 14.2. The van der Waals surface area contributed by atoms with E-state index in [0.29, 0.717) is 25.7 Å². The fourth-order valence-corrected chi connectivity index (χ4v) is 4.99. The Morgan fingerprint density at radius 1 is 1.38 bits per heavy atom. The molecule has 3 rings (SSSR count). The quantitative estimate of drug-likeness (QED) is 0.505. The molecule has 0 spiro atoms. The second-order valence-corrected chi connectivity index (χ2v) is 8.26. The number of nitrogens with one attached hydrogen (secondary N) is 1. The maximum Gasteiger partial charge on any atom is 0.267 e. The zero-order chi connectivity index (χ0) is 17.1. The smallest absolute Gasteiger partial charge is 0.267 e. The Hall–Kier alpha value is -1.55. The van der Waals surface area contributed by atoms with Crippen molar-refractivity contribution in [3.8, 4) is 0 Å². The summed E-state index contributed by atoms with van der Waals surface area (Å²) in [5.74, 6) is 0.204. The van der Waals surface area contributed by atoms with Gasteiger partial charge in [-0.2, -0.15) is 0 Å². The summed E-state index contributed by atoms with van der Waals surface area (Å²) in [7, 11) is 1.52. The Labute approximate surface area is 150 Å². The van der Waals surface area contributed by atoms with Crippen LogP contribution in [-0.4, -0.2) is 29.0 Å². The van der Waals surface area contributed by atoms with Crippen LogP contribution in [0, 0.1) is 5.82 Å². The van der Waals surface area contributed by atoms with Gasteiger partial charge in [0.15, 0.2) is 4.34 Å². The molecule has 0 aliphatic heterocycles. The van der Waals surface area contributed by atoms with Crippen molar-refractivity contribution in [2.24, 2.45) is 0 Å². The van der Waals surface area contributed by atoms with Crippen LogP contribution in [0.5, 0.6) is 0 Å². The molecule has 0 saturated heterocycles.